The minimum absolute atomic E-state index is 0. The quantitative estimate of drug-likeness (QED) is 0.155. The van der Waals surface area contributed by atoms with Gasteiger partial charge in [0, 0.05) is 72.5 Å². The number of rotatable bonds is 7. The van der Waals surface area contributed by atoms with Gasteiger partial charge in [-0.05, 0) is 73.6 Å². The van der Waals surface area contributed by atoms with Gasteiger partial charge in [-0.3, -0.25) is 24.3 Å². The second-order valence-electron chi connectivity index (χ2n) is 10.1. The van der Waals surface area contributed by atoms with Crippen molar-refractivity contribution in [2.24, 2.45) is 0 Å². The van der Waals surface area contributed by atoms with Crippen LogP contribution in [0.15, 0.2) is 66.7 Å². The molecule has 2 radical (unpaired) electrons. The van der Waals surface area contributed by atoms with Gasteiger partial charge in [0.2, 0.25) is 20.0 Å². The first-order valence-corrected chi connectivity index (χ1v) is 17.5. The fourth-order valence-corrected chi connectivity index (χ4v) is 6.14. The number of fused-ring (bicyclic) bond motifs is 2. The van der Waals surface area contributed by atoms with E-state index in [1.165, 1.54) is 48.9 Å². The standard InChI is InChI=1S/C17H17N2O4S.C10H13N2O4S.2C3H5O.2Y/c1-2-24(22,23)19-15-9-4-3-6-12(15)10-11-13-7-5-8-14(16(13)19)17(20)18-21;1-3-17(15,16)12(2)9-7-5-4-6-8(9)10(13)11-14;2*1-3(2)4;;/h3-9,21H,1-2,10-11H2,(H,18,20);4-7,14H,1,3H2,2H3,(H,11,13);2*1H2,2H3;;/q4*-1;;. The zero-order valence-electron chi connectivity index (χ0n) is 28.5. The second kappa shape index (κ2) is 23.8. The van der Waals surface area contributed by atoms with Crippen molar-refractivity contribution >= 4 is 60.5 Å². The molecule has 1 aliphatic rings. The van der Waals surface area contributed by atoms with Crippen LogP contribution < -0.4 is 19.6 Å². The zero-order chi connectivity index (χ0) is 37.5. The van der Waals surface area contributed by atoms with Crippen LogP contribution in [0.2, 0.25) is 0 Å². The van der Waals surface area contributed by atoms with Crippen LogP contribution >= 0.6 is 0 Å². The summed E-state index contributed by atoms with van der Waals surface area (Å²) in [5.41, 5.74) is 5.80. The Labute approximate surface area is 350 Å². The number of nitrogens with zero attached hydrogens (tertiary/aromatic N) is 2. The summed E-state index contributed by atoms with van der Waals surface area (Å²) >= 11 is 0. The van der Waals surface area contributed by atoms with E-state index >= 15 is 0 Å². The van der Waals surface area contributed by atoms with Gasteiger partial charge in [0.1, 0.15) is 0 Å². The summed E-state index contributed by atoms with van der Waals surface area (Å²) < 4.78 is 50.9. The molecule has 4 N–H and O–H groups in total. The number of ketones is 2. The van der Waals surface area contributed by atoms with E-state index in [2.05, 4.69) is 27.7 Å². The fraction of sp³-hybridized carbons (Fsp3) is 0.212. The predicted molar refractivity (Wildman–Crippen MR) is 186 cm³/mol. The molecule has 3 aromatic carbocycles. The first-order valence-electron chi connectivity index (χ1n) is 14.3. The number of aryl methyl sites for hydroxylation is 2. The van der Waals surface area contributed by atoms with E-state index in [4.69, 9.17) is 10.4 Å². The molecule has 51 heavy (non-hydrogen) atoms. The number of amides is 2. The number of Topliss-reactive ketones (excluding diaryl/α,β-unsaturated/α-hetero) is 2. The summed E-state index contributed by atoms with van der Waals surface area (Å²) in [7, 11) is -6.01. The van der Waals surface area contributed by atoms with Crippen LogP contribution in [0.1, 0.15) is 45.7 Å². The van der Waals surface area contributed by atoms with Gasteiger partial charge < -0.3 is 37.3 Å². The molecule has 0 spiro atoms. The molecular formula is C33H40N4O10S2Y2-4. The number of nitrogens with one attached hydrogen (secondary N) is 2. The molecule has 0 atom stereocenters. The maximum absolute atomic E-state index is 12.8. The zero-order valence-corrected chi connectivity index (χ0v) is 35.8. The van der Waals surface area contributed by atoms with Crippen molar-refractivity contribution in [2.75, 3.05) is 27.2 Å². The Balaban J connectivity index is 0. The van der Waals surface area contributed by atoms with Crippen molar-refractivity contribution in [3.05, 3.63) is 117 Å². The van der Waals surface area contributed by atoms with Crippen molar-refractivity contribution in [2.45, 2.75) is 26.7 Å². The number of carbonyl (C=O) groups excluding carboxylic acids is 4. The van der Waals surface area contributed by atoms with Crippen LogP contribution in [-0.4, -0.2) is 69.2 Å². The molecule has 14 nitrogen and oxygen atoms in total. The van der Waals surface area contributed by atoms with Gasteiger partial charge in [0.05, 0.1) is 28.2 Å². The van der Waals surface area contributed by atoms with Gasteiger partial charge in [-0.25, -0.2) is 32.1 Å². The molecule has 4 rings (SSSR count). The molecule has 3 aromatic rings. The molecule has 2 amide bonds. The molecule has 0 aliphatic carbocycles. The summed E-state index contributed by atoms with van der Waals surface area (Å²) in [5.74, 6) is -2.36. The van der Waals surface area contributed by atoms with Gasteiger partial charge in [-0.2, -0.15) is 0 Å². The third kappa shape index (κ3) is 15.1. The number of hydrogen-bond donors (Lipinski definition) is 4. The van der Waals surface area contributed by atoms with Crippen LogP contribution in [0.4, 0.5) is 17.1 Å². The number of sulfonamides is 2. The monoisotopic (exact) mass is 894 g/mol. The number of carbonyl (C=O) groups is 4. The molecular weight excluding hydrogens is 854 g/mol. The SMILES string of the molecule is [CH2-]C(C)=O.[CH2-]C(C)=O.[CH2-]CS(=O)(=O)N(C)c1ccccc1C(=O)NO.[CH2-]CS(=O)(=O)N1c2ccccc2CCc2cccc(C(=O)NO)c21.[Y].[Y]. The Kier molecular flexibility index (Phi) is 23.5. The largest absolute Gasteiger partial charge is 0.340 e. The van der Waals surface area contributed by atoms with Crippen molar-refractivity contribution in [3.8, 4) is 0 Å². The van der Waals surface area contributed by atoms with Gasteiger partial charge in [0.25, 0.3) is 11.8 Å². The molecule has 0 saturated carbocycles. The normalized spacial score (nSPS) is 11.1. The second-order valence-corrected chi connectivity index (χ2v) is 14.2. The summed E-state index contributed by atoms with van der Waals surface area (Å²) in [6.45, 7) is 15.7. The van der Waals surface area contributed by atoms with Crippen LogP contribution in [0.25, 0.3) is 0 Å². The maximum Gasteiger partial charge on any atom is 0.276 e. The molecule has 0 saturated heterocycles. The van der Waals surface area contributed by atoms with Crippen molar-refractivity contribution in [1.29, 1.82) is 0 Å². The van der Waals surface area contributed by atoms with E-state index in [1.54, 1.807) is 41.9 Å². The van der Waals surface area contributed by atoms with E-state index in [9.17, 15) is 36.0 Å². The van der Waals surface area contributed by atoms with Crippen LogP contribution in [-0.2, 0) is 108 Å². The number of benzene rings is 3. The molecule has 1 aliphatic heterocycles. The van der Waals surface area contributed by atoms with E-state index in [-0.39, 0.29) is 111 Å². The van der Waals surface area contributed by atoms with Crippen LogP contribution in [0.5, 0.6) is 0 Å². The first-order chi connectivity index (χ1) is 22.9. The van der Waals surface area contributed by atoms with Crippen molar-refractivity contribution in [3.63, 3.8) is 0 Å². The van der Waals surface area contributed by atoms with Crippen LogP contribution in [0.3, 0.4) is 0 Å². The molecule has 274 valence electrons. The number of hydroxylamine groups is 2. The summed E-state index contributed by atoms with van der Waals surface area (Å²) in [6.07, 6.45) is 1.23. The summed E-state index contributed by atoms with van der Waals surface area (Å²) in [4.78, 5) is 42.1. The van der Waals surface area contributed by atoms with E-state index in [1.807, 2.05) is 12.1 Å². The Morgan fingerprint density at radius 2 is 1.16 bits per heavy atom. The Morgan fingerprint density at radius 3 is 1.67 bits per heavy atom. The Hall–Kier alpha value is -2.69. The van der Waals surface area contributed by atoms with Crippen molar-refractivity contribution < 1.29 is 112 Å². The van der Waals surface area contributed by atoms with Gasteiger partial charge >= 0.3 is 0 Å². The number of hydrogen-bond acceptors (Lipinski definition) is 10. The minimum Gasteiger partial charge on any atom is -0.340 e. The summed E-state index contributed by atoms with van der Waals surface area (Å²) in [6, 6.07) is 18.2. The Morgan fingerprint density at radius 1 is 0.725 bits per heavy atom. The minimum atomic E-state index is -3.78. The molecule has 0 fully saturated rings. The predicted octanol–water partition coefficient (Wildman–Crippen LogP) is 3.43. The third-order valence-corrected chi connectivity index (χ3v) is 9.34. The van der Waals surface area contributed by atoms with E-state index < -0.39 is 31.9 Å². The van der Waals surface area contributed by atoms with Gasteiger partial charge in [-0.1, -0.05) is 54.0 Å². The summed E-state index contributed by atoms with van der Waals surface area (Å²) in [5, 5.41) is 17.6. The van der Waals surface area contributed by atoms with Gasteiger partial charge in [0.15, 0.2) is 0 Å². The maximum atomic E-state index is 12.8. The Bertz CT molecular complexity index is 1840. The molecule has 0 bridgehead atoms. The van der Waals surface area contributed by atoms with E-state index in [0.717, 1.165) is 15.4 Å². The van der Waals surface area contributed by atoms with E-state index in [0.29, 0.717) is 18.5 Å². The first kappa shape index (κ1) is 50.4. The smallest absolute Gasteiger partial charge is 0.276 e. The van der Waals surface area contributed by atoms with Gasteiger partial charge in [-0.15, -0.1) is 0 Å². The molecule has 0 aromatic heterocycles. The average molecular weight is 895 g/mol. The number of anilines is 3. The topological polar surface area (TPSA) is 208 Å². The number of para-hydroxylation sites is 3. The third-order valence-electron chi connectivity index (χ3n) is 6.34. The van der Waals surface area contributed by atoms with Crippen molar-refractivity contribution in [1.82, 2.24) is 11.0 Å². The molecule has 0 unspecified atom stereocenters. The van der Waals surface area contributed by atoms with Crippen LogP contribution in [0, 0.1) is 27.7 Å². The fourth-order valence-electron chi connectivity index (χ4n) is 4.25. The molecule has 18 heteroatoms. The average Bonchev–Trinajstić information content (AvgIpc) is 3.24. The molecule has 1 heterocycles.